The zero-order valence-corrected chi connectivity index (χ0v) is 16.6. The summed E-state index contributed by atoms with van der Waals surface area (Å²) in [5, 5.41) is 9.78. The Morgan fingerprint density at radius 2 is 1.93 bits per heavy atom. The predicted molar refractivity (Wildman–Crippen MR) is 111 cm³/mol. The number of aromatic nitrogens is 3. The Bertz CT molecular complexity index is 1060. The van der Waals surface area contributed by atoms with Crippen LogP contribution in [0.25, 0.3) is 11.4 Å². The molecule has 0 unspecified atom stereocenters. The summed E-state index contributed by atoms with van der Waals surface area (Å²) in [6, 6.07) is 20.2. The quantitative estimate of drug-likeness (QED) is 0.406. The van der Waals surface area contributed by atoms with E-state index in [2.05, 4.69) is 46.0 Å². The molecule has 2 aromatic carbocycles. The number of ether oxygens (including phenoxy) is 1. The number of aryl methyl sites for hydroxylation is 1. The van der Waals surface area contributed by atoms with Gasteiger partial charge in [-0.15, -0.1) is 10.2 Å². The van der Waals surface area contributed by atoms with Crippen LogP contribution in [0.2, 0.25) is 0 Å². The highest BCUT2D eigenvalue weighted by atomic mass is 32.2. The summed E-state index contributed by atoms with van der Waals surface area (Å²) in [6.45, 7) is 2.68. The maximum Gasteiger partial charge on any atom is 0.192 e. The van der Waals surface area contributed by atoms with E-state index in [1.165, 1.54) is 11.1 Å². The van der Waals surface area contributed by atoms with Crippen LogP contribution in [0, 0.1) is 6.92 Å². The summed E-state index contributed by atoms with van der Waals surface area (Å²) in [6.07, 6.45) is 1.68. The molecule has 142 valence electrons. The number of hydrogen-bond acceptors (Lipinski definition) is 5. The second-order valence-electron chi connectivity index (χ2n) is 6.48. The Hall–Kier alpha value is -2.99. The summed E-state index contributed by atoms with van der Waals surface area (Å²) in [5.74, 6) is 3.28. The molecule has 2 aromatic heterocycles. The van der Waals surface area contributed by atoms with Gasteiger partial charge < -0.3 is 9.15 Å². The van der Waals surface area contributed by atoms with Crippen molar-refractivity contribution in [3.8, 4) is 17.1 Å². The third-order valence-corrected chi connectivity index (χ3v) is 5.43. The van der Waals surface area contributed by atoms with Crippen LogP contribution in [0.3, 0.4) is 0 Å². The molecule has 0 fully saturated rings. The minimum absolute atomic E-state index is 0.572. The smallest absolute Gasteiger partial charge is 0.192 e. The summed E-state index contributed by atoms with van der Waals surface area (Å²) in [7, 11) is 1.66. The van der Waals surface area contributed by atoms with Crippen molar-refractivity contribution in [2.24, 2.45) is 0 Å². The van der Waals surface area contributed by atoms with E-state index in [0.717, 1.165) is 33.8 Å². The largest absolute Gasteiger partial charge is 0.497 e. The Kier molecular flexibility index (Phi) is 5.48. The molecule has 0 amide bonds. The lowest BCUT2D eigenvalue weighted by molar-refractivity contribution is 0.415. The van der Waals surface area contributed by atoms with E-state index in [9.17, 15) is 0 Å². The molecule has 0 aliphatic carbocycles. The molecule has 0 atom stereocenters. The highest BCUT2D eigenvalue weighted by Gasteiger charge is 2.16. The molecule has 0 saturated carbocycles. The van der Waals surface area contributed by atoms with Gasteiger partial charge in [0.15, 0.2) is 11.0 Å². The lowest BCUT2D eigenvalue weighted by Crippen LogP contribution is -2.03. The van der Waals surface area contributed by atoms with Crippen LogP contribution >= 0.6 is 11.8 Å². The first-order valence-electron chi connectivity index (χ1n) is 9.01. The maximum atomic E-state index is 5.57. The van der Waals surface area contributed by atoms with E-state index in [1.807, 2.05) is 36.4 Å². The van der Waals surface area contributed by atoms with Crippen LogP contribution in [0.15, 0.2) is 76.5 Å². The Morgan fingerprint density at radius 1 is 1.04 bits per heavy atom. The Balaban J connectivity index is 1.66. The third kappa shape index (κ3) is 4.12. The normalized spacial score (nSPS) is 10.9. The fraction of sp³-hybridized carbons (Fsp3) is 0.182. The van der Waals surface area contributed by atoms with E-state index in [1.54, 1.807) is 25.1 Å². The minimum atomic E-state index is 0.572. The molecule has 28 heavy (non-hydrogen) atoms. The fourth-order valence-corrected chi connectivity index (χ4v) is 3.90. The highest BCUT2D eigenvalue weighted by molar-refractivity contribution is 7.98. The molecule has 0 aliphatic heterocycles. The number of hydrogen-bond donors (Lipinski definition) is 0. The first kappa shape index (κ1) is 18.4. The van der Waals surface area contributed by atoms with Crippen molar-refractivity contribution in [3.05, 3.63) is 83.8 Å². The standard InChI is InChI=1S/C22H21N3O2S/c1-16-6-3-7-17(12-16)15-28-22-24-23-21(18-8-4-9-19(13-18)26-2)25(22)14-20-10-5-11-27-20/h3-13H,14-15H2,1-2H3. The molecule has 0 spiro atoms. The van der Waals surface area contributed by atoms with E-state index in [0.29, 0.717) is 6.54 Å². The van der Waals surface area contributed by atoms with Crippen LogP contribution in [0.5, 0.6) is 5.75 Å². The topological polar surface area (TPSA) is 53.1 Å². The Morgan fingerprint density at radius 3 is 2.71 bits per heavy atom. The van der Waals surface area contributed by atoms with Gasteiger partial charge in [0.1, 0.15) is 11.5 Å². The fourth-order valence-electron chi connectivity index (χ4n) is 3.02. The summed E-state index contributed by atoms with van der Waals surface area (Å²) < 4.78 is 13.0. The molecule has 5 nitrogen and oxygen atoms in total. The van der Waals surface area contributed by atoms with Gasteiger partial charge in [0.25, 0.3) is 0 Å². The van der Waals surface area contributed by atoms with Gasteiger partial charge in [0.2, 0.25) is 0 Å². The van der Waals surface area contributed by atoms with Gasteiger partial charge in [-0.25, -0.2) is 0 Å². The van der Waals surface area contributed by atoms with Gasteiger partial charge in [-0.3, -0.25) is 4.57 Å². The number of methoxy groups -OCH3 is 1. The number of thioether (sulfide) groups is 1. The number of nitrogens with zero attached hydrogens (tertiary/aromatic N) is 3. The van der Waals surface area contributed by atoms with Crippen LogP contribution < -0.4 is 4.74 Å². The van der Waals surface area contributed by atoms with Gasteiger partial charge in [0.05, 0.1) is 19.9 Å². The van der Waals surface area contributed by atoms with Crippen LogP contribution in [-0.4, -0.2) is 21.9 Å². The Labute approximate surface area is 168 Å². The van der Waals surface area contributed by atoms with E-state index in [-0.39, 0.29) is 0 Å². The van der Waals surface area contributed by atoms with Crippen LogP contribution in [0.4, 0.5) is 0 Å². The van der Waals surface area contributed by atoms with Crippen LogP contribution in [-0.2, 0) is 12.3 Å². The second kappa shape index (κ2) is 8.35. The summed E-state index contributed by atoms with van der Waals surface area (Å²) in [4.78, 5) is 0. The molecular weight excluding hydrogens is 370 g/mol. The van der Waals surface area contributed by atoms with Gasteiger partial charge in [-0.1, -0.05) is 53.7 Å². The lowest BCUT2D eigenvalue weighted by atomic mass is 10.2. The number of rotatable bonds is 7. The van der Waals surface area contributed by atoms with Crippen molar-refractivity contribution < 1.29 is 9.15 Å². The van der Waals surface area contributed by atoms with Crippen molar-refractivity contribution in [2.45, 2.75) is 24.4 Å². The molecule has 4 rings (SSSR count). The number of benzene rings is 2. The van der Waals surface area contributed by atoms with Gasteiger partial charge in [0, 0.05) is 11.3 Å². The van der Waals surface area contributed by atoms with Crippen molar-refractivity contribution in [1.82, 2.24) is 14.8 Å². The van der Waals surface area contributed by atoms with E-state index < -0.39 is 0 Å². The molecular formula is C22H21N3O2S. The number of furan rings is 1. The zero-order chi connectivity index (χ0) is 19.3. The average Bonchev–Trinajstić information content (AvgIpc) is 3.37. The van der Waals surface area contributed by atoms with Gasteiger partial charge >= 0.3 is 0 Å². The van der Waals surface area contributed by atoms with Crippen molar-refractivity contribution >= 4 is 11.8 Å². The predicted octanol–water partition coefficient (Wildman–Crippen LogP) is 5.20. The van der Waals surface area contributed by atoms with E-state index in [4.69, 9.17) is 9.15 Å². The maximum absolute atomic E-state index is 5.57. The third-order valence-electron chi connectivity index (χ3n) is 4.39. The molecule has 2 heterocycles. The molecule has 0 saturated heterocycles. The highest BCUT2D eigenvalue weighted by Crippen LogP contribution is 2.29. The molecule has 0 radical (unpaired) electrons. The summed E-state index contributed by atoms with van der Waals surface area (Å²) in [5.41, 5.74) is 3.48. The SMILES string of the molecule is COc1cccc(-c2nnc(SCc3cccc(C)c3)n2Cc2ccco2)c1. The zero-order valence-electron chi connectivity index (χ0n) is 15.8. The van der Waals surface area contributed by atoms with Crippen molar-refractivity contribution in [1.29, 1.82) is 0 Å². The van der Waals surface area contributed by atoms with Crippen molar-refractivity contribution in [2.75, 3.05) is 7.11 Å². The van der Waals surface area contributed by atoms with Gasteiger partial charge in [-0.2, -0.15) is 0 Å². The molecule has 0 N–H and O–H groups in total. The average molecular weight is 391 g/mol. The summed E-state index contributed by atoms with van der Waals surface area (Å²) >= 11 is 1.67. The monoisotopic (exact) mass is 391 g/mol. The van der Waals surface area contributed by atoms with Crippen LogP contribution in [0.1, 0.15) is 16.9 Å². The molecule has 6 heteroatoms. The van der Waals surface area contributed by atoms with Crippen molar-refractivity contribution in [3.63, 3.8) is 0 Å². The molecule has 4 aromatic rings. The lowest BCUT2D eigenvalue weighted by Gasteiger charge is -2.10. The first-order chi connectivity index (χ1) is 13.7. The van der Waals surface area contributed by atoms with Gasteiger partial charge in [-0.05, 0) is 36.8 Å². The second-order valence-corrected chi connectivity index (χ2v) is 7.42. The first-order valence-corrected chi connectivity index (χ1v) is 10.00. The van der Waals surface area contributed by atoms with E-state index >= 15 is 0 Å². The molecule has 0 bridgehead atoms. The minimum Gasteiger partial charge on any atom is -0.497 e. The molecule has 0 aliphatic rings.